The van der Waals surface area contributed by atoms with Crippen LogP contribution in [-0.2, 0) is 19.4 Å². The molecule has 5 heteroatoms. The predicted octanol–water partition coefficient (Wildman–Crippen LogP) is 1.89. The highest BCUT2D eigenvalue weighted by molar-refractivity contribution is 5.99. The van der Waals surface area contributed by atoms with Gasteiger partial charge in [0.1, 0.15) is 11.7 Å². The largest absolute Gasteiger partial charge is 0.384 e. The summed E-state index contributed by atoms with van der Waals surface area (Å²) in [5.41, 5.74) is 9.80. The third kappa shape index (κ3) is 2.72. The number of aryl methyl sites for hydroxylation is 2. The fourth-order valence-electron chi connectivity index (χ4n) is 2.76. The summed E-state index contributed by atoms with van der Waals surface area (Å²) in [6.45, 7) is 0.646. The highest BCUT2D eigenvalue weighted by Crippen LogP contribution is 2.27. The summed E-state index contributed by atoms with van der Waals surface area (Å²) in [7, 11) is 1.96. The number of pyridine rings is 2. The second kappa shape index (κ2) is 5.52. The molecule has 0 radical (unpaired) electrons. The molecule has 2 aromatic heterocycles. The van der Waals surface area contributed by atoms with Gasteiger partial charge < -0.3 is 10.6 Å². The van der Waals surface area contributed by atoms with E-state index >= 15 is 0 Å². The zero-order valence-corrected chi connectivity index (χ0v) is 12.1. The van der Waals surface area contributed by atoms with Crippen LogP contribution in [0.5, 0.6) is 0 Å². The molecule has 0 bridgehead atoms. The summed E-state index contributed by atoms with van der Waals surface area (Å²) >= 11 is 0. The van der Waals surface area contributed by atoms with Crippen LogP contribution in [-0.4, -0.2) is 22.9 Å². The monoisotopic (exact) mass is 281 g/mol. The van der Waals surface area contributed by atoms with Gasteiger partial charge in [-0.25, -0.2) is 4.98 Å². The third-order valence-electron chi connectivity index (χ3n) is 3.81. The average Bonchev–Trinajstić information content (AvgIpc) is 2.94. The SMILES string of the molecule is CN(Cc1ccccn1)c1nc2c(cc1C(=N)N)CCC2. The second-order valence-electron chi connectivity index (χ2n) is 5.41. The Morgan fingerprint density at radius 3 is 2.95 bits per heavy atom. The minimum Gasteiger partial charge on any atom is -0.384 e. The normalized spacial score (nSPS) is 13.0. The second-order valence-corrected chi connectivity index (χ2v) is 5.41. The van der Waals surface area contributed by atoms with E-state index in [9.17, 15) is 0 Å². The van der Waals surface area contributed by atoms with Crippen molar-refractivity contribution in [2.24, 2.45) is 5.73 Å². The van der Waals surface area contributed by atoms with E-state index in [0.717, 1.165) is 36.5 Å². The maximum Gasteiger partial charge on any atom is 0.139 e. The van der Waals surface area contributed by atoms with Crippen LogP contribution < -0.4 is 10.6 Å². The van der Waals surface area contributed by atoms with E-state index in [1.165, 1.54) is 5.56 Å². The summed E-state index contributed by atoms with van der Waals surface area (Å²) in [5, 5.41) is 7.81. The Hall–Kier alpha value is -2.43. The third-order valence-corrected chi connectivity index (χ3v) is 3.81. The first-order chi connectivity index (χ1) is 10.1. The topological polar surface area (TPSA) is 78.9 Å². The van der Waals surface area contributed by atoms with Gasteiger partial charge in [-0.05, 0) is 43.0 Å². The predicted molar refractivity (Wildman–Crippen MR) is 83.6 cm³/mol. The number of amidine groups is 1. The molecule has 0 unspecified atom stereocenters. The van der Waals surface area contributed by atoms with E-state index in [-0.39, 0.29) is 5.84 Å². The maximum absolute atomic E-state index is 7.81. The molecule has 0 saturated heterocycles. The number of nitrogen functional groups attached to an aromatic ring is 1. The lowest BCUT2D eigenvalue weighted by Gasteiger charge is -2.21. The van der Waals surface area contributed by atoms with Gasteiger partial charge in [0, 0.05) is 18.9 Å². The molecule has 2 aromatic rings. The molecule has 108 valence electrons. The van der Waals surface area contributed by atoms with Gasteiger partial charge in [0.15, 0.2) is 0 Å². The van der Waals surface area contributed by atoms with Crippen molar-refractivity contribution in [3.05, 3.63) is 53.0 Å². The van der Waals surface area contributed by atoms with E-state index in [2.05, 4.69) is 4.98 Å². The number of anilines is 1. The number of fused-ring (bicyclic) bond motifs is 1. The Kier molecular flexibility index (Phi) is 3.56. The Bertz CT molecular complexity index is 666. The Balaban J connectivity index is 1.95. The minimum absolute atomic E-state index is 0.0695. The van der Waals surface area contributed by atoms with E-state index in [4.69, 9.17) is 16.1 Å². The molecule has 1 aliphatic carbocycles. The van der Waals surface area contributed by atoms with Crippen molar-refractivity contribution < 1.29 is 0 Å². The Labute approximate surface area is 124 Å². The van der Waals surface area contributed by atoms with Crippen LogP contribution in [0.3, 0.4) is 0 Å². The van der Waals surface area contributed by atoms with Gasteiger partial charge in [-0.2, -0.15) is 0 Å². The fraction of sp³-hybridized carbons (Fsp3) is 0.312. The molecule has 0 atom stereocenters. The molecule has 0 saturated carbocycles. The summed E-state index contributed by atoms with van der Waals surface area (Å²) in [6.07, 6.45) is 4.96. The molecule has 0 aromatic carbocycles. The quantitative estimate of drug-likeness (QED) is 0.662. The van der Waals surface area contributed by atoms with Gasteiger partial charge in [-0.3, -0.25) is 10.4 Å². The van der Waals surface area contributed by atoms with E-state index in [1.807, 2.05) is 36.2 Å². The molecule has 0 spiro atoms. The first kappa shape index (κ1) is 13.5. The van der Waals surface area contributed by atoms with E-state index in [1.54, 1.807) is 6.20 Å². The van der Waals surface area contributed by atoms with Crippen LogP contribution in [0.15, 0.2) is 30.5 Å². The van der Waals surface area contributed by atoms with Crippen molar-refractivity contribution >= 4 is 11.7 Å². The molecular weight excluding hydrogens is 262 g/mol. The highest BCUT2D eigenvalue weighted by Gasteiger charge is 2.20. The van der Waals surface area contributed by atoms with Gasteiger partial charge >= 0.3 is 0 Å². The summed E-state index contributed by atoms with van der Waals surface area (Å²) in [4.78, 5) is 11.1. The Morgan fingerprint density at radius 2 is 2.24 bits per heavy atom. The number of rotatable bonds is 4. The van der Waals surface area contributed by atoms with Gasteiger partial charge in [0.25, 0.3) is 0 Å². The molecular formula is C16H19N5. The molecule has 0 aliphatic heterocycles. The lowest BCUT2D eigenvalue weighted by molar-refractivity contribution is 0.851. The summed E-state index contributed by atoms with van der Waals surface area (Å²) in [6, 6.07) is 7.88. The van der Waals surface area contributed by atoms with Crippen molar-refractivity contribution in [2.45, 2.75) is 25.8 Å². The molecule has 0 amide bonds. The molecule has 0 fully saturated rings. The van der Waals surface area contributed by atoms with Crippen molar-refractivity contribution in [1.29, 1.82) is 5.41 Å². The van der Waals surface area contributed by atoms with Crippen LogP contribution in [0.1, 0.15) is 28.9 Å². The molecule has 5 nitrogen and oxygen atoms in total. The van der Waals surface area contributed by atoms with Crippen LogP contribution in [0.2, 0.25) is 0 Å². The number of hydrogen-bond donors (Lipinski definition) is 2. The minimum atomic E-state index is 0.0695. The van der Waals surface area contributed by atoms with Crippen molar-refractivity contribution in [3.63, 3.8) is 0 Å². The number of nitrogens with two attached hydrogens (primary N) is 1. The molecule has 2 heterocycles. The number of nitrogens with zero attached hydrogens (tertiary/aromatic N) is 3. The van der Waals surface area contributed by atoms with Gasteiger partial charge in [0.2, 0.25) is 0 Å². The number of aromatic nitrogens is 2. The highest BCUT2D eigenvalue weighted by atomic mass is 15.2. The van der Waals surface area contributed by atoms with Crippen LogP contribution in [0.4, 0.5) is 5.82 Å². The number of hydrogen-bond acceptors (Lipinski definition) is 4. The lowest BCUT2D eigenvalue weighted by atomic mass is 10.1. The first-order valence-corrected chi connectivity index (χ1v) is 7.13. The number of nitrogens with one attached hydrogen (secondary N) is 1. The molecule has 3 N–H and O–H groups in total. The maximum atomic E-state index is 7.81. The van der Waals surface area contributed by atoms with Crippen molar-refractivity contribution in [1.82, 2.24) is 9.97 Å². The first-order valence-electron chi connectivity index (χ1n) is 7.13. The van der Waals surface area contributed by atoms with Crippen LogP contribution in [0, 0.1) is 5.41 Å². The summed E-state index contributed by atoms with van der Waals surface area (Å²) in [5.74, 6) is 0.842. The van der Waals surface area contributed by atoms with E-state index < -0.39 is 0 Å². The van der Waals surface area contributed by atoms with Gasteiger partial charge in [0.05, 0.1) is 17.8 Å². The zero-order valence-electron chi connectivity index (χ0n) is 12.1. The summed E-state index contributed by atoms with van der Waals surface area (Å²) < 4.78 is 0. The molecule has 1 aliphatic rings. The van der Waals surface area contributed by atoms with Crippen LogP contribution in [0.25, 0.3) is 0 Å². The molecule has 3 rings (SSSR count). The smallest absolute Gasteiger partial charge is 0.139 e. The average molecular weight is 281 g/mol. The van der Waals surface area contributed by atoms with E-state index in [0.29, 0.717) is 12.1 Å². The lowest BCUT2D eigenvalue weighted by Crippen LogP contribution is -2.24. The Morgan fingerprint density at radius 1 is 1.38 bits per heavy atom. The van der Waals surface area contributed by atoms with Crippen LogP contribution >= 0.6 is 0 Å². The fourth-order valence-corrected chi connectivity index (χ4v) is 2.76. The van der Waals surface area contributed by atoms with Gasteiger partial charge in [-0.1, -0.05) is 6.07 Å². The molecule has 21 heavy (non-hydrogen) atoms. The standard InChI is InChI=1S/C16H19N5/c1-21(10-12-6-2-3-8-19-12)16-13(15(17)18)9-11-5-4-7-14(11)20-16/h2-3,6,8-9H,4-5,7,10H2,1H3,(H3,17,18). The zero-order chi connectivity index (χ0) is 14.8. The van der Waals surface area contributed by atoms with Crippen molar-refractivity contribution in [3.8, 4) is 0 Å². The van der Waals surface area contributed by atoms with Crippen molar-refractivity contribution in [2.75, 3.05) is 11.9 Å². The van der Waals surface area contributed by atoms with Gasteiger partial charge in [-0.15, -0.1) is 0 Å².